The molecule has 0 radical (unpaired) electrons. The maximum absolute atomic E-state index is 13.0. The number of carbonyl (C=O) groups is 1. The Balaban J connectivity index is 1.29. The van der Waals surface area contributed by atoms with Gasteiger partial charge in [-0.25, -0.2) is 9.97 Å². The van der Waals surface area contributed by atoms with Crippen LogP contribution in [0.1, 0.15) is 36.0 Å². The number of methoxy groups -OCH3 is 1. The third-order valence-corrected chi connectivity index (χ3v) is 5.94. The van der Waals surface area contributed by atoms with E-state index in [4.69, 9.17) is 4.74 Å². The Labute approximate surface area is 169 Å². The fraction of sp³-hybridized carbons (Fsp3) is 0.409. The molecule has 7 nitrogen and oxygen atoms in total. The van der Waals surface area contributed by atoms with Crippen LogP contribution in [0.15, 0.2) is 49.1 Å². The van der Waals surface area contributed by atoms with Gasteiger partial charge in [0.15, 0.2) is 0 Å². The van der Waals surface area contributed by atoms with Crippen molar-refractivity contribution in [3.63, 3.8) is 0 Å². The van der Waals surface area contributed by atoms with Crippen molar-refractivity contribution in [3.05, 3.63) is 54.6 Å². The van der Waals surface area contributed by atoms with Gasteiger partial charge in [-0.3, -0.25) is 4.79 Å². The highest BCUT2D eigenvalue weighted by Gasteiger charge is 2.37. The monoisotopic (exact) mass is 391 g/mol. The summed E-state index contributed by atoms with van der Waals surface area (Å²) in [5.74, 6) is 1.64. The number of fused-ring (bicyclic) bond motifs is 1. The Hall–Kier alpha value is -3.09. The predicted molar refractivity (Wildman–Crippen MR) is 110 cm³/mol. The molecule has 7 heteroatoms. The molecule has 0 spiro atoms. The minimum absolute atomic E-state index is 0.119. The Morgan fingerprint density at radius 2 is 1.90 bits per heavy atom. The van der Waals surface area contributed by atoms with Gasteiger partial charge >= 0.3 is 0 Å². The molecule has 1 saturated heterocycles. The summed E-state index contributed by atoms with van der Waals surface area (Å²) >= 11 is 0. The number of piperidine rings is 1. The molecule has 5 rings (SSSR count). The number of likely N-dealkylation sites (tertiary alicyclic amines) is 1. The first-order valence-electron chi connectivity index (χ1n) is 10.2. The minimum Gasteiger partial charge on any atom is -0.481 e. The topological polar surface area (TPSA) is 63.0 Å². The highest BCUT2D eigenvalue weighted by atomic mass is 16.5. The molecule has 0 atom stereocenters. The molecule has 29 heavy (non-hydrogen) atoms. The molecule has 2 fully saturated rings. The lowest BCUT2D eigenvalue weighted by Gasteiger charge is -2.39. The van der Waals surface area contributed by atoms with E-state index < -0.39 is 0 Å². The molecule has 1 saturated carbocycles. The summed E-state index contributed by atoms with van der Waals surface area (Å²) in [5, 5.41) is 0. The number of pyridine rings is 1. The van der Waals surface area contributed by atoms with Crippen LogP contribution in [0.5, 0.6) is 5.88 Å². The van der Waals surface area contributed by atoms with Crippen molar-refractivity contribution >= 4 is 17.2 Å². The zero-order chi connectivity index (χ0) is 19.8. The standard InChI is InChI=1S/C22H25N5O2/c1-29-21-13-20(23-15-24-21)27(17-5-6-17)18-7-10-25(11-8-18)22(28)16-12-19-4-2-3-9-26(19)14-16/h2-4,9,12-15,17-18H,5-8,10-11H2,1H3. The zero-order valence-electron chi connectivity index (χ0n) is 16.6. The lowest BCUT2D eigenvalue weighted by molar-refractivity contribution is 0.0712. The molecule has 3 aromatic rings. The van der Waals surface area contributed by atoms with Gasteiger partial charge in [-0.2, -0.15) is 0 Å². The van der Waals surface area contributed by atoms with Gasteiger partial charge in [0.2, 0.25) is 5.88 Å². The van der Waals surface area contributed by atoms with Crippen LogP contribution >= 0.6 is 0 Å². The Morgan fingerprint density at radius 3 is 2.62 bits per heavy atom. The predicted octanol–water partition coefficient (Wildman–Crippen LogP) is 3.01. The smallest absolute Gasteiger partial charge is 0.255 e. The van der Waals surface area contributed by atoms with Gasteiger partial charge in [0.05, 0.1) is 12.7 Å². The van der Waals surface area contributed by atoms with Crippen LogP contribution < -0.4 is 9.64 Å². The number of anilines is 1. The van der Waals surface area contributed by atoms with E-state index in [1.165, 1.54) is 12.8 Å². The highest BCUT2D eigenvalue weighted by molar-refractivity contribution is 5.95. The van der Waals surface area contributed by atoms with E-state index in [1.807, 2.05) is 52.0 Å². The summed E-state index contributed by atoms with van der Waals surface area (Å²) in [6.07, 6.45) is 9.75. The summed E-state index contributed by atoms with van der Waals surface area (Å²) in [6, 6.07) is 10.8. The molecule has 0 unspecified atom stereocenters. The largest absolute Gasteiger partial charge is 0.481 e. The third kappa shape index (κ3) is 3.52. The molecule has 1 amide bonds. The first-order valence-corrected chi connectivity index (χ1v) is 10.2. The lowest BCUT2D eigenvalue weighted by atomic mass is 10.0. The molecular weight excluding hydrogens is 366 g/mol. The first kappa shape index (κ1) is 18.0. The molecule has 4 heterocycles. The zero-order valence-corrected chi connectivity index (χ0v) is 16.6. The Bertz CT molecular complexity index is 988. The number of ether oxygens (including phenoxy) is 1. The van der Waals surface area contributed by atoms with Crippen molar-refractivity contribution in [1.29, 1.82) is 0 Å². The average Bonchev–Trinajstić information content (AvgIpc) is 3.50. The van der Waals surface area contributed by atoms with Crippen molar-refractivity contribution in [2.24, 2.45) is 0 Å². The van der Waals surface area contributed by atoms with Gasteiger partial charge in [0.1, 0.15) is 12.1 Å². The van der Waals surface area contributed by atoms with Crippen LogP contribution in [0.4, 0.5) is 5.82 Å². The van der Waals surface area contributed by atoms with Gasteiger partial charge in [0, 0.05) is 49.1 Å². The molecule has 0 N–H and O–H groups in total. The van der Waals surface area contributed by atoms with Crippen LogP contribution in [-0.2, 0) is 0 Å². The summed E-state index contributed by atoms with van der Waals surface area (Å²) in [5.41, 5.74) is 1.80. The summed E-state index contributed by atoms with van der Waals surface area (Å²) in [6.45, 7) is 1.53. The summed E-state index contributed by atoms with van der Waals surface area (Å²) in [4.78, 5) is 26.1. The van der Waals surface area contributed by atoms with Crippen LogP contribution in [0.25, 0.3) is 5.52 Å². The fourth-order valence-corrected chi connectivity index (χ4v) is 4.31. The second kappa shape index (κ2) is 7.39. The minimum atomic E-state index is 0.119. The van der Waals surface area contributed by atoms with E-state index >= 15 is 0 Å². The van der Waals surface area contributed by atoms with Crippen molar-refractivity contribution in [2.45, 2.75) is 37.8 Å². The number of aromatic nitrogens is 3. The molecule has 2 aliphatic rings. The van der Waals surface area contributed by atoms with Crippen molar-refractivity contribution in [3.8, 4) is 5.88 Å². The van der Waals surface area contributed by atoms with Crippen LogP contribution in [-0.4, -0.2) is 57.5 Å². The van der Waals surface area contributed by atoms with E-state index in [9.17, 15) is 4.79 Å². The number of amides is 1. The maximum Gasteiger partial charge on any atom is 0.255 e. The second-order valence-electron chi connectivity index (χ2n) is 7.84. The lowest BCUT2D eigenvalue weighted by Crippen LogP contribution is -2.48. The summed E-state index contributed by atoms with van der Waals surface area (Å²) < 4.78 is 7.28. The van der Waals surface area contributed by atoms with Gasteiger partial charge in [0.25, 0.3) is 5.91 Å². The van der Waals surface area contributed by atoms with Gasteiger partial charge < -0.3 is 18.9 Å². The van der Waals surface area contributed by atoms with Crippen LogP contribution in [0, 0.1) is 0 Å². The number of hydrogen-bond acceptors (Lipinski definition) is 5. The Kier molecular flexibility index (Phi) is 4.58. The number of nitrogens with zero attached hydrogens (tertiary/aromatic N) is 5. The van der Waals surface area contributed by atoms with E-state index in [0.717, 1.165) is 42.8 Å². The molecule has 3 aromatic heterocycles. The molecule has 150 valence electrons. The van der Waals surface area contributed by atoms with Crippen molar-refractivity contribution in [2.75, 3.05) is 25.1 Å². The quantitative estimate of drug-likeness (QED) is 0.669. The van der Waals surface area contributed by atoms with Gasteiger partial charge in [-0.15, -0.1) is 0 Å². The van der Waals surface area contributed by atoms with Crippen LogP contribution in [0.3, 0.4) is 0 Å². The van der Waals surface area contributed by atoms with Crippen molar-refractivity contribution in [1.82, 2.24) is 19.3 Å². The van der Waals surface area contributed by atoms with Crippen LogP contribution in [0.2, 0.25) is 0 Å². The molecule has 0 aromatic carbocycles. The molecule has 1 aliphatic carbocycles. The third-order valence-electron chi connectivity index (χ3n) is 5.94. The number of hydrogen-bond donors (Lipinski definition) is 0. The van der Waals surface area contributed by atoms with E-state index in [1.54, 1.807) is 13.4 Å². The van der Waals surface area contributed by atoms with E-state index in [2.05, 4.69) is 14.9 Å². The van der Waals surface area contributed by atoms with E-state index in [-0.39, 0.29) is 5.91 Å². The molecule has 1 aliphatic heterocycles. The van der Waals surface area contributed by atoms with E-state index in [0.29, 0.717) is 18.0 Å². The average molecular weight is 391 g/mol. The highest BCUT2D eigenvalue weighted by Crippen LogP contribution is 2.36. The second-order valence-corrected chi connectivity index (χ2v) is 7.84. The number of rotatable bonds is 5. The first-order chi connectivity index (χ1) is 14.2. The Morgan fingerprint density at radius 1 is 1.10 bits per heavy atom. The van der Waals surface area contributed by atoms with Gasteiger partial charge in [-0.1, -0.05) is 6.07 Å². The molecular formula is C22H25N5O2. The number of carbonyl (C=O) groups excluding carboxylic acids is 1. The van der Waals surface area contributed by atoms with Gasteiger partial charge in [-0.05, 0) is 43.9 Å². The van der Waals surface area contributed by atoms with Crippen molar-refractivity contribution < 1.29 is 9.53 Å². The molecule has 0 bridgehead atoms. The fourth-order valence-electron chi connectivity index (χ4n) is 4.31. The maximum atomic E-state index is 13.0. The summed E-state index contributed by atoms with van der Waals surface area (Å²) in [7, 11) is 1.63. The SMILES string of the molecule is COc1cc(N(C2CC2)C2CCN(C(=O)c3cc4ccccn4c3)CC2)ncn1. The normalized spacial score (nSPS) is 17.5.